The van der Waals surface area contributed by atoms with Crippen LogP contribution in [-0.4, -0.2) is 20.7 Å². The Hall–Kier alpha value is -2.69. The topological polar surface area (TPSA) is 59.8 Å². The smallest absolute Gasteiger partial charge is 0.255 e. The van der Waals surface area contributed by atoms with Crippen LogP contribution in [0.15, 0.2) is 36.5 Å². The van der Waals surface area contributed by atoms with E-state index in [9.17, 15) is 4.79 Å². The predicted octanol–water partition coefficient (Wildman–Crippen LogP) is 2.84. The zero-order valence-corrected chi connectivity index (χ0v) is 12.2. The Morgan fingerprint density at radius 2 is 2.00 bits per heavy atom. The van der Waals surface area contributed by atoms with Crippen LogP contribution in [0.2, 0.25) is 0 Å². The second-order valence-electron chi connectivity index (χ2n) is 5.07. The first kappa shape index (κ1) is 13.3. The van der Waals surface area contributed by atoms with E-state index in [-0.39, 0.29) is 5.91 Å². The van der Waals surface area contributed by atoms with Gasteiger partial charge in [-0.05, 0) is 31.5 Å². The maximum absolute atomic E-state index is 12.3. The van der Waals surface area contributed by atoms with Crippen LogP contribution in [-0.2, 0) is 7.05 Å². The van der Waals surface area contributed by atoms with E-state index >= 15 is 0 Å². The molecule has 3 rings (SSSR count). The number of aromatic nitrogens is 3. The van der Waals surface area contributed by atoms with Crippen LogP contribution in [0.5, 0.6) is 0 Å². The molecule has 0 saturated carbocycles. The van der Waals surface area contributed by atoms with Gasteiger partial charge in [-0.15, -0.1) is 0 Å². The van der Waals surface area contributed by atoms with Crippen molar-refractivity contribution in [3.05, 3.63) is 53.3 Å². The Balaban J connectivity index is 1.93. The summed E-state index contributed by atoms with van der Waals surface area (Å²) in [5.74, 6) is -0.129. The van der Waals surface area contributed by atoms with Gasteiger partial charge in [0.05, 0.1) is 17.6 Å². The normalized spacial score (nSPS) is 10.8. The number of benzene rings is 1. The number of nitrogens with one attached hydrogen (secondary N) is 1. The SMILES string of the molecule is Cc1ccccc1C(=O)Nc1cnc2c(c1)c(C)nn2C. The van der Waals surface area contributed by atoms with E-state index in [2.05, 4.69) is 15.4 Å². The molecule has 21 heavy (non-hydrogen) atoms. The molecule has 0 radical (unpaired) electrons. The molecule has 2 aromatic heterocycles. The molecule has 0 unspecified atom stereocenters. The highest BCUT2D eigenvalue weighted by molar-refractivity contribution is 6.05. The summed E-state index contributed by atoms with van der Waals surface area (Å²) in [6.07, 6.45) is 1.65. The minimum absolute atomic E-state index is 0.129. The number of carbonyl (C=O) groups excluding carboxylic acids is 1. The number of rotatable bonds is 2. The number of hydrogen-bond donors (Lipinski definition) is 1. The van der Waals surface area contributed by atoms with Crippen LogP contribution in [0.1, 0.15) is 21.6 Å². The second-order valence-corrected chi connectivity index (χ2v) is 5.07. The molecule has 0 aliphatic rings. The highest BCUT2D eigenvalue weighted by Crippen LogP contribution is 2.20. The van der Waals surface area contributed by atoms with Crippen molar-refractivity contribution in [2.24, 2.45) is 7.05 Å². The zero-order valence-electron chi connectivity index (χ0n) is 12.2. The lowest BCUT2D eigenvalue weighted by atomic mass is 10.1. The van der Waals surface area contributed by atoms with Crippen LogP contribution < -0.4 is 5.32 Å². The number of amides is 1. The lowest BCUT2D eigenvalue weighted by Crippen LogP contribution is -2.13. The molecule has 0 fully saturated rings. The van der Waals surface area contributed by atoms with E-state index in [1.54, 1.807) is 10.9 Å². The third-order valence-corrected chi connectivity index (χ3v) is 3.51. The number of pyridine rings is 1. The monoisotopic (exact) mass is 280 g/mol. The van der Waals surface area contributed by atoms with Crippen molar-refractivity contribution in [1.82, 2.24) is 14.8 Å². The summed E-state index contributed by atoms with van der Waals surface area (Å²) >= 11 is 0. The van der Waals surface area contributed by atoms with Gasteiger partial charge >= 0.3 is 0 Å². The van der Waals surface area contributed by atoms with E-state index < -0.39 is 0 Å². The number of anilines is 1. The molecular formula is C16H16N4O. The molecule has 2 heterocycles. The Labute approximate surface area is 122 Å². The fourth-order valence-electron chi connectivity index (χ4n) is 2.40. The number of hydrogen-bond acceptors (Lipinski definition) is 3. The van der Waals surface area contributed by atoms with Gasteiger partial charge in [0, 0.05) is 18.0 Å². The van der Waals surface area contributed by atoms with Gasteiger partial charge in [0.15, 0.2) is 5.65 Å². The maximum atomic E-state index is 12.3. The molecular weight excluding hydrogens is 264 g/mol. The first-order valence-electron chi connectivity index (χ1n) is 6.72. The van der Waals surface area contributed by atoms with Crippen molar-refractivity contribution < 1.29 is 4.79 Å². The molecule has 0 aliphatic heterocycles. The number of aryl methyl sites for hydroxylation is 3. The average Bonchev–Trinajstić information content (AvgIpc) is 2.74. The molecule has 0 atom stereocenters. The van der Waals surface area contributed by atoms with Crippen molar-refractivity contribution in [2.45, 2.75) is 13.8 Å². The summed E-state index contributed by atoms with van der Waals surface area (Å²) in [4.78, 5) is 16.7. The molecule has 0 spiro atoms. The van der Waals surface area contributed by atoms with Crippen molar-refractivity contribution in [3.63, 3.8) is 0 Å². The molecule has 0 bridgehead atoms. The summed E-state index contributed by atoms with van der Waals surface area (Å²) in [5.41, 5.74) is 3.99. The molecule has 0 saturated heterocycles. The second kappa shape index (κ2) is 5.01. The minimum atomic E-state index is -0.129. The maximum Gasteiger partial charge on any atom is 0.255 e. The molecule has 106 valence electrons. The third kappa shape index (κ3) is 2.38. The fraction of sp³-hybridized carbons (Fsp3) is 0.188. The first-order valence-corrected chi connectivity index (χ1v) is 6.72. The standard InChI is InChI=1S/C16H16N4O/c1-10-6-4-5-7-13(10)16(21)18-12-8-14-11(2)19-20(3)15(14)17-9-12/h4-9H,1-3H3,(H,18,21). The number of fused-ring (bicyclic) bond motifs is 1. The Kier molecular flexibility index (Phi) is 3.17. The summed E-state index contributed by atoms with van der Waals surface area (Å²) < 4.78 is 1.73. The summed E-state index contributed by atoms with van der Waals surface area (Å²) in [7, 11) is 1.86. The molecule has 5 heteroatoms. The number of carbonyl (C=O) groups is 1. The quantitative estimate of drug-likeness (QED) is 0.785. The summed E-state index contributed by atoms with van der Waals surface area (Å²) in [5, 5.41) is 8.16. The number of nitrogens with zero attached hydrogens (tertiary/aromatic N) is 3. The van der Waals surface area contributed by atoms with Gasteiger partial charge < -0.3 is 5.32 Å². The predicted molar refractivity (Wildman–Crippen MR) is 82.4 cm³/mol. The van der Waals surface area contributed by atoms with Crippen LogP contribution in [0.25, 0.3) is 11.0 Å². The van der Waals surface area contributed by atoms with E-state index in [0.717, 1.165) is 22.3 Å². The lowest BCUT2D eigenvalue weighted by Gasteiger charge is -2.07. The van der Waals surface area contributed by atoms with Crippen LogP contribution in [0.4, 0.5) is 5.69 Å². The largest absolute Gasteiger partial charge is 0.321 e. The highest BCUT2D eigenvalue weighted by Gasteiger charge is 2.11. The fourth-order valence-corrected chi connectivity index (χ4v) is 2.40. The van der Waals surface area contributed by atoms with Gasteiger partial charge in [-0.3, -0.25) is 9.48 Å². The van der Waals surface area contributed by atoms with Crippen LogP contribution >= 0.6 is 0 Å². The van der Waals surface area contributed by atoms with Crippen molar-refractivity contribution >= 4 is 22.6 Å². The molecule has 1 aromatic carbocycles. The molecule has 5 nitrogen and oxygen atoms in total. The third-order valence-electron chi connectivity index (χ3n) is 3.51. The molecule has 0 aliphatic carbocycles. The van der Waals surface area contributed by atoms with Gasteiger partial charge in [0.1, 0.15) is 0 Å². The lowest BCUT2D eigenvalue weighted by molar-refractivity contribution is 0.102. The summed E-state index contributed by atoms with van der Waals surface area (Å²) in [6.45, 7) is 3.85. The van der Waals surface area contributed by atoms with E-state index in [1.807, 2.05) is 51.2 Å². The van der Waals surface area contributed by atoms with Crippen LogP contribution in [0, 0.1) is 13.8 Å². The van der Waals surface area contributed by atoms with Crippen molar-refractivity contribution in [1.29, 1.82) is 0 Å². The highest BCUT2D eigenvalue weighted by atomic mass is 16.1. The average molecular weight is 280 g/mol. The van der Waals surface area contributed by atoms with E-state index in [4.69, 9.17) is 0 Å². The Bertz CT molecular complexity index is 835. The van der Waals surface area contributed by atoms with E-state index in [1.165, 1.54) is 0 Å². The van der Waals surface area contributed by atoms with Crippen molar-refractivity contribution in [3.8, 4) is 0 Å². The van der Waals surface area contributed by atoms with Crippen molar-refractivity contribution in [2.75, 3.05) is 5.32 Å². The van der Waals surface area contributed by atoms with Crippen LogP contribution in [0.3, 0.4) is 0 Å². The van der Waals surface area contributed by atoms with Gasteiger partial charge in [-0.25, -0.2) is 4.98 Å². The molecule has 3 aromatic rings. The summed E-state index contributed by atoms with van der Waals surface area (Å²) in [6, 6.07) is 9.40. The van der Waals surface area contributed by atoms with Gasteiger partial charge in [0.25, 0.3) is 5.91 Å². The molecule has 1 amide bonds. The zero-order chi connectivity index (χ0) is 15.0. The van der Waals surface area contributed by atoms with Gasteiger partial charge in [-0.1, -0.05) is 18.2 Å². The Morgan fingerprint density at radius 3 is 2.76 bits per heavy atom. The minimum Gasteiger partial charge on any atom is -0.321 e. The Morgan fingerprint density at radius 1 is 1.24 bits per heavy atom. The van der Waals surface area contributed by atoms with E-state index in [0.29, 0.717) is 11.3 Å². The molecule has 1 N–H and O–H groups in total. The van der Waals surface area contributed by atoms with Gasteiger partial charge in [-0.2, -0.15) is 5.10 Å². The first-order chi connectivity index (χ1) is 10.1. The van der Waals surface area contributed by atoms with Gasteiger partial charge in [0.2, 0.25) is 0 Å².